The molecule has 0 aliphatic carbocycles. The van der Waals surface area contributed by atoms with E-state index in [1.165, 1.54) is 5.56 Å². The van der Waals surface area contributed by atoms with Gasteiger partial charge in [0.25, 0.3) is 0 Å². The molecule has 0 spiro atoms. The lowest BCUT2D eigenvalue weighted by atomic mass is 9.97. The molecule has 1 unspecified atom stereocenters. The highest BCUT2D eigenvalue weighted by molar-refractivity contribution is 5.36. The van der Waals surface area contributed by atoms with Gasteiger partial charge in [-0.2, -0.15) is 0 Å². The van der Waals surface area contributed by atoms with Crippen molar-refractivity contribution in [2.75, 3.05) is 40.3 Å². The van der Waals surface area contributed by atoms with Crippen LogP contribution >= 0.6 is 0 Å². The van der Waals surface area contributed by atoms with Crippen LogP contribution < -0.4 is 10.5 Å². The molecular weight excluding hydrogens is 286 g/mol. The van der Waals surface area contributed by atoms with Crippen molar-refractivity contribution in [3.63, 3.8) is 0 Å². The van der Waals surface area contributed by atoms with Crippen molar-refractivity contribution in [2.24, 2.45) is 5.73 Å². The van der Waals surface area contributed by atoms with Gasteiger partial charge in [-0.15, -0.1) is 0 Å². The van der Waals surface area contributed by atoms with Crippen molar-refractivity contribution in [1.29, 1.82) is 0 Å². The van der Waals surface area contributed by atoms with Crippen LogP contribution in [0.15, 0.2) is 24.3 Å². The molecule has 2 N–H and O–H groups in total. The van der Waals surface area contributed by atoms with Crippen molar-refractivity contribution in [3.05, 3.63) is 29.8 Å². The second kappa shape index (κ2) is 9.26. The zero-order valence-corrected chi connectivity index (χ0v) is 15.8. The number of likely N-dealkylation sites (N-methyl/N-ethyl adjacent to an activating group) is 1. The van der Waals surface area contributed by atoms with E-state index < -0.39 is 0 Å². The van der Waals surface area contributed by atoms with Crippen LogP contribution in [0, 0.1) is 0 Å². The summed E-state index contributed by atoms with van der Waals surface area (Å²) in [5.41, 5.74) is 7.40. The molecule has 0 saturated heterocycles. The van der Waals surface area contributed by atoms with Gasteiger partial charge >= 0.3 is 0 Å². The zero-order valence-electron chi connectivity index (χ0n) is 15.8. The third-order valence-corrected chi connectivity index (χ3v) is 4.09. The maximum atomic E-state index is 6.14. The molecule has 0 aromatic heterocycles. The first-order chi connectivity index (χ1) is 10.8. The molecule has 0 aliphatic rings. The highest BCUT2D eigenvalue weighted by Gasteiger charge is 2.29. The minimum absolute atomic E-state index is 0.0663. The Labute approximate surface area is 142 Å². The van der Waals surface area contributed by atoms with Crippen LogP contribution in [0.25, 0.3) is 0 Å². The van der Waals surface area contributed by atoms with E-state index in [0.29, 0.717) is 6.54 Å². The standard InChI is InChI=1S/C19H35N3O/c1-7-22(19(2,3)4)17(15-20)16-11-8-9-12-18(16)23-14-10-13-21(5)6/h8-9,11-12,17H,7,10,13-15,20H2,1-6H3. The highest BCUT2D eigenvalue weighted by atomic mass is 16.5. The lowest BCUT2D eigenvalue weighted by molar-refractivity contribution is 0.0899. The fourth-order valence-electron chi connectivity index (χ4n) is 3.03. The van der Waals surface area contributed by atoms with Crippen LogP contribution in [-0.4, -0.2) is 55.7 Å². The van der Waals surface area contributed by atoms with E-state index in [1.807, 2.05) is 6.07 Å². The minimum Gasteiger partial charge on any atom is -0.493 e. The summed E-state index contributed by atoms with van der Waals surface area (Å²) < 4.78 is 6.07. The van der Waals surface area contributed by atoms with Crippen molar-refractivity contribution in [3.8, 4) is 5.75 Å². The predicted octanol–water partition coefficient (Wildman–Crippen LogP) is 3.14. The Balaban J connectivity index is 2.92. The second-order valence-corrected chi connectivity index (χ2v) is 7.25. The smallest absolute Gasteiger partial charge is 0.124 e. The van der Waals surface area contributed by atoms with Crippen molar-refractivity contribution < 1.29 is 4.74 Å². The number of hydrogen-bond donors (Lipinski definition) is 1. The molecule has 0 radical (unpaired) electrons. The van der Waals surface area contributed by atoms with Crippen LogP contribution in [-0.2, 0) is 0 Å². The zero-order chi connectivity index (χ0) is 17.5. The van der Waals surface area contributed by atoms with Gasteiger partial charge in [0.2, 0.25) is 0 Å². The second-order valence-electron chi connectivity index (χ2n) is 7.25. The lowest BCUT2D eigenvalue weighted by Gasteiger charge is -2.41. The quantitative estimate of drug-likeness (QED) is 0.710. The molecule has 4 heteroatoms. The van der Waals surface area contributed by atoms with Gasteiger partial charge in [0.15, 0.2) is 0 Å². The van der Waals surface area contributed by atoms with Crippen LogP contribution in [0.2, 0.25) is 0 Å². The fourth-order valence-corrected chi connectivity index (χ4v) is 3.03. The van der Waals surface area contributed by atoms with E-state index in [1.54, 1.807) is 0 Å². The SMILES string of the molecule is CCN(C(CN)c1ccccc1OCCCN(C)C)C(C)(C)C. The molecule has 0 heterocycles. The van der Waals surface area contributed by atoms with Gasteiger partial charge < -0.3 is 15.4 Å². The van der Waals surface area contributed by atoms with Gasteiger partial charge in [-0.3, -0.25) is 4.90 Å². The van der Waals surface area contributed by atoms with Crippen molar-refractivity contribution in [2.45, 2.75) is 45.7 Å². The van der Waals surface area contributed by atoms with E-state index in [0.717, 1.165) is 31.9 Å². The molecule has 23 heavy (non-hydrogen) atoms. The first-order valence-corrected chi connectivity index (χ1v) is 8.64. The summed E-state index contributed by atoms with van der Waals surface area (Å²) in [4.78, 5) is 4.62. The first-order valence-electron chi connectivity index (χ1n) is 8.64. The molecule has 1 atom stereocenters. The molecule has 0 saturated carbocycles. The molecule has 0 aliphatic heterocycles. The van der Waals surface area contributed by atoms with Crippen LogP contribution in [0.4, 0.5) is 0 Å². The summed E-state index contributed by atoms with van der Waals surface area (Å²) in [5, 5.41) is 0. The number of nitrogens with two attached hydrogens (primary N) is 1. The number of para-hydroxylation sites is 1. The Morgan fingerprint density at radius 2 is 1.83 bits per heavy atom. The number of hydrogen-bond acceptors (Lipinski definition) is 4. The van der Waals surface area contributed by atoms with E-state index in [-0.39, 0.29) is 11.6 Å². The monoisotopic (exact) mass is 321 g/mol. The van der Waals surface area contributed by atoms with Gasteiger partial charge in [-0.1, -0.05) is 25.1 Å². The number of rotatable bonds is 9. The number of ether oxygens (including phenoxy) is 1. The molecular formula is C19H35N3O. The summed E-state index contributed by atoms with van der Waals surface area (Å²) in [7, 11) is 4.17. The average Bonchev–Trinajstić information content (AvgIpc) is 2.48. The number of benzene rings is 1. The maximum absolute atomic E-state index is 6.14. The van der Waals surface area contributed by atoms with Crippen LogP contribution in [0.3, 0.4) is 0 Å². The van der Waals surface area contributed by atoms with Gasteiger partial charge in [0.1, 0.15) is 5.75 Å². The van der Waals surface area contributed by atoms with Crippen LogP contribution in [0.5, 0.6) is 5.75 Å². The van der Waals surface area contributed by atoms with Crippen molar-refractivity contribution in [1.82, 2.24) is 9.80 Å². The van der Waals surface area contributed by atoms with Crippen molar-refractivity contribution >= 4 is 0 Å². The van der Waals surface area contributed by atoms with E-state index in [2.05, 4.69) is 69.8 Å². The number of nitrogens with zero attached hydrogens (tertiary/aromatic N) is 2. The van der Waals surface area contributed by atoms with Crippen LogP contribution in [0.1, 0.15) is 45.7 Å². The van der Waals surface area contributed by atoms with Gasteiger partial charge in [-0.05, 0) is 53.9 Å². The van der Waals surface area contributed by atoms with Gasteiger partial charge in [-0.25, -0.2) is 0 Å². The van der Waals surface area contributed by atoms with Gasteiger partial charge in [0.05, 0.1) is 12.6 Å². The normalized spacial score (nSPS) is 13.6. The highest BCUT2D eigenvalue weighted by Crippen LogP contribution is 2.33. The fraction of sp³-hybridized carbons (Fsp3) is 0.684. The Bertz CT molecular complexity index is 454. The summed E-state index contributed by atoms with van der Waals surface area (Å²) in [6.07, 6.45) is 1.02. The molecule has 1 rings (SSSR count). The topological polar surface area (TPSA) is 41.7 Å². The first kappa shape index (κ1) is 19.9. The molecule has 0 amide bonds. The van der Waals surface area contributed by atoms with E-state index in [9.17, 15) is 0 Å². The summed E-state index contributed by atoms with van der Waals surface area (Å²) in [6, 6.07) is 8.48. The third-order valence-electron chi connectivity index (χ3n) is 4.09. The summed E-state index contributed by atoms with van der Waals surface area (Å²) in [6.45, 7) is 12.2. The maximum Gasteiger partial charge on any atom is 0.124 e. The third kappa shape index (κ3) is 6.13. The lowest BCUT2D eigenvalue weighted by Crippen LogP contribution is -2.46. The summed E-state index contributed by atoms with van der Waals surface area (Å²) >= 11 is 0. The Morgan fingerprint density at radius 1 is 1.17 bits per heavy atom. The molecule has 132 valence electrons. The van der Waals surface area contributed by atoms with E-state index in [4.69, 9.17) is 10.5 Å². The average molecular weight is 322 g/mol. The molecule has 4 nitrogen and oxygen atoms in total. The minimum atomic E-state index is 0.0663. The van der Waals surface area contributed by atoms with E-state index >= 15 is 0 Å². The largest absolute Gasteiger partial charge is 0.493 e. The van der Waals surface area contributed by atoms with Gasteiger partial charge in [0, 0.05) is 24.2 Å². The summed E-state index contributed by atoms with van der Waals surface area (Å²) in [5.74, 6) is 0.962. The Morgan fingerprint density at radius 3 is 2.35 bits per heavy atom. The molecule has 0 fully saturated rings. The molecule has 1 aromatic carbocycles. The Hall–Kier alpha value is -1.10. The predicted molar refractivity (Wildman–Crippen MR) is 99.0 cm³/mol. The molecule has 0 bridgehead atoms. The Kier molecular flexibility index (Phi) is 8.03. The molecule has 1 aromatic rings.